The first kappa shape index (κ1) is 16.5. The molecule has 4 nitrogen and oxygen atoms in total. The molecule has 0 atom stereocenters. The normalized spacial score (nSPS) is 11.8. The van der Waals surface area contributed by atoms with Gasteiger partial charge in [-0.1, -0.05) is 11.6 Å². The molecule has 24 heavy (non-hydrogen) atoms. The lowest BCUT2D eigenvalue weighted by Gasteiger charge is -2.07. The number of pyridine rings is 1. The van der Waals surface area contributed by atoms with Crippen LogP contribution in [0.1, 0.15) is 0 Å². The summed E-state index contributed by atoms with van der Waals surface area (Å²) in [7, 11) is -4.41. The van der Waals surface area contributed by atoms with Crippen LogP contribution in [-0.2, 0) is 9.84 Å². The second-order valence-corrected chi connectivity index (χ2v) is 7.20. The Morgan fingerprint density at radius 3 is 2.33 bits per heavy atom. The molecule has 0 saturated carbocycles. The van der Waals surface area contributed by atoms with Crippen LogP contribution < -0.4 is 5.43 Å². The average molecular weight is 374 g/mol. The van der Waals surface area contributed by atoms with Crippen LogP contribution in [0.5, 0.6) is 0 Å². The number of halogens is 4. The number of H-pyrrole nitrogens is 1. The third kappa shape index (κ3) is 2.57. The molecule has 0 saturated heterocycles. The Balaban J connectivity index is 2.28. The maximum absolute atomic E-state index is 13.4. The van der Waals surface area contributed by atoms with E-state index in [0.717, 1.165) is 24.4 Å². The van der Waals surface area contributed by atoms with Crippen molar-refractivity contribution in [2.75, 3.05) is 0 Å². The zero-order valence-electron chi connectivity index (χ0n) is 11.6. The monoisotopic (exact) mass is 373 g/mol. The van der Waals surface area contributed by atoms with Crippen molar-refractivity contribution >= 4 is 32.3 Å². The van der Waals surface area contributed by atoms with Crippen LogP contribution >= 0.6 is 11.6 Å². The molecule has 0 aliphatic carbocycles. The highest BCUT2D eigenvalue weighted by Crippen LogP contribution is 2.24. The predicted octanol–water partition coefficient (Wildman–Crippen LogP) is 3.43. The standard InChI is InChI=1S/C15H7ClF3NO3S/c16-9-4-8-13(5-11(9)18)20-6-14(15(8)21)24(22,23)7-1-2-10(17)12(19)3-7/h1-6H,(H,20,21). The molecular weight excluding hydrogens is 367 g/mol. The summed E-state index contributed by atoms with van der Waals surface area (Å²) in [5.41, 5.74) is -0.887. The number of hydrogen-bond acceptors (Lipinski definition) is 3. The maximum Gasteiger partial charge on any atom is 0.212 e. The highest BCUT2D eigenvalue weighted by Gasteiger charge is 2.24. The highest BCUT2D eigenvalue weighted by atomic mass is 35.5. The number of fused-ring (bicyclic) bond motifs is 1. The van der Waals surface area contributed by atoms with E-state index in [0.29, 0.717) is 12.1 Å². The van der Waals surface area contributed by atoms with Crippen LogP contribution in [0.4, 0.5) is 13.2 Å². The van der Waals surface area contributed by atoms with E-state index in [1.54, 1.807) is 0 Å². The molecule has 0 radical (unpaired) electrons. The predicted molar refractivity (Wildman–Crippen MR) is 81.3 cm³/mol. The molecule has 1 aromatic heterocycles. The Kier molecular flexibility index (Phi) is 3.89. The smallest absolute Gasteiger partial charge is 0.212 e. The van der Waals surface area contributed by atoms with Gasteiger partial charge in [-0.3, -0.25) is 4.79 Å². The second kappa shape index (κ2) is 5.64. The van der Waals surface area contributed by atoms with E-state index in [9.17, 15) is 26.4 Å². The zero-order valence-corrected chi connectivity index (χ0v) is 13.2. The first-order chi connectivity index (χ1) is 11.2. The number of hydrogen-bond donors (Lipinski definition) is 1. The minimum Gasteiger partial charge on any atom is -0.360 e. The quantitative estimate of drug-likeness (QED) is 0.700. The molecule has 1 N–H and O–H groups in total. The number of aromatic nitrogens is 1. The summed E-state index contributed by atoms with van der Waals surface area (Å²) in [5.74, 6) is -3.36. The number of rotatable bonds is 2. The fourth-order valence-corrected chi connectivity index (χ4v) is 3.66. The van der Waals surface area contributed by atoms with E-state index in [1.165, 1.54) is 0 Å². The molecule has 0 aliphatic heterocycles. The number of aromatic amines is 1. The van der Waals surface area contributed by atoms with Gasteiger partial charge in [-0.05, 0) is 30.3 Å². The molecule has 0 bridgehead atoms. The summed E-state index contributed by atoms with van der Waals surface area (Å²) in [5, 5.41) is -0.500. The molecule has 0 aliphatic rings. The van der Waals surface area contributed by atoms with E-state index in [2.05, 4.69) is 4.98 Å². The molecule has 3 rings (SSSR count). The molecule has 3 aromatic rings. The van der Waals surface area contributed by atoms with Crippen LogP contribution in [0.25, 0.3) is 10.9 Å². The maximum atomic E-state index is 13.4. The molecule has 2 aromatic carbocycles. The van der Waals surface area contributed by atoms with Crippen molar-refractivity contribution in [2.45, 2.75) is 9.79 Å². The van der Waals surface area contributed by atoms with Gasteiger partial charge in [0.25, 0.3) is 0 Å². The average Bonchev–Trinajstić information content (AvgIpc) is 2.52. The molecular formula is C15H7ClF3NO3S. The fraction of sp³-hybridized carbons (Fsp3) is 0. The first-order valence-electron chi connectivity index (χ1n) is 6.42. The summed E-state index contributed by atoms with van der Waals surface area (Å²) in [6, 6.07) is 3.91. The molecule has 0 amide bonds. The van der Waals surface area contributed by atoms with E-state index >= 15 is 0 Å². The summed E-state index contributed by atoms with van der Waals surface area (Å²) < 4.78 is 64.7. The Hall–Kier alpha value is -2.32. The third-order valence-corrected chi connectivity index (χ3v) is 5.42. The van der Waals surface area contributed by atoms with Gasteiger partial charge in [0.15, 0.2) is 11.6 Å². The number of benzene rings is 2. The lowest BCUT2D eigenvalue weighted by Crippen LogP contribution is -2.16. The van der Waals surface area contributed by atoms with Gasteiger partial charge in [-0.15, -0.1) is 0 Å². The van der Waals surface area contributed by atoms with E-state index in [1.807, 2.05) is 0 Å². The Morgan fingerprint density at radius 2 is 1.67 bits per heavy atom. The van der Waals surface area contributed by atoms with E-state index in [4.69, 9.17) is 11.6 Å². The van der Waals surface area contributed by atoms with Crippen LogP contribution in [0, 0.1) is 17.5 Å². The highest BCUT2D eigenvalue weighted by molar-refractivity contribution is 7.91. The molecule has 9 heteroatoms. The Morgan fingerprint density at radius 1 is 0.958 bits per heavy atom. The fourth-order valence-electron chi connectivity index (χ4n) is 2.17. The van der Waals surface area contributed by atoms with Gasteiger partial charge < -0.3 is 4.98 Å². The molecule has 0 fully saturated rings. The topological polar surface area (TPSA) is 67.0 Å². The zero-order chi connectivity index (χ0) is 17.6. The van der Waals surface area contributed by atoms with Crippen molar-refractivity contribution < 1.29 is 21.6 Å². The summed E-state index contributed by atoms with van der Waals surface area (Å²) in [6.45, 7) is 0. The third-order valence-electron chi connectivity index (χ3n) is 3.38. The van der Waals surface area contributed by atoms with Gasteiger partial charge in [0.05, 0.1) is 15.4 Å². The van der Waals surface area contributed by atoms with Crippen LogP contribution in [0.2, 0.25) is 5.02 Å². The summed E-state index contributed by atoms with van der Waals surface area (Å²) >= 11 is 5.61. The van der Waals surface area contributed by atoms with Gasteiger partial charge in [0, 0.05) is 11.6 Å². The minimum atomic E-state index is -4.41. The van der Waals surface area contributed by atoms with Crippen LogP contribution in [-0.4, -0.2) is 13.4 Å². The van der Waals surface area contributed by atoms with E-state index < -0.39 is 42.5 Å². The molecule has 1 heterocycles. The van der Waals surface area contributed by atoms with Crippen molar-refractivity contribution in [3.05, 3.63) is 69.2 Å². The van der Waals surface area contributed by atoms with Gasteiger partial charge in [0.1, 0.15) is 10.7 Å². The van der Waals surface area contributed by atoms with Crippen LogP contribution in [0.15, 0.2) is 51.1 Å². The van der Waals surface area contributed by atoms with Crippen LogP contribution in [0.3, 0.4) is 0 Å². The summed E-state index contributed by atoms with van der Waals surface area (Å²) in [4.78, 5) is 13.6. The second-order valence-electron chi connectivity index (χ2n) is 4.87. The van der Waals surface area contributed by atoms with E-state index in [-0.39, 0.29) is 15.9 Å². The van der Waals surface area contributed by atoms with Crippen molar-refractivity contribution in [2.24, 2.45) is 0 Å². The van der Waals surface area contributed by atoms with Crippen molar-refractivity contribution in [3.63, 3.8) is 0 Å². The number of nitrogens with one attached hydrogen (secondary N) is 1. The number of sulfone groups is 1. The van der Waals surface area contributed by atoms with Crippen molar-refractivity contribution in [3.8, 4) is 0 Å². The van der Waals surface area contributed by atoms with Crippen molar-refractivity contribution in [1.82, 2.24) is 4.98 Å². The summed E-state index contributed by atoms with van der Waals surface area (Å²) in [6.07, 6.45) is 0.870. The first-order valence-corrected chi connectivity index (χ1v) is 8.28. The van der Waals surface area contributed by atoms with Gasteiger partial charge >= 0.3 is 0 Å². The Bertz CT molecular complexity index is 1140. The van der Waals surface area contributed by atoms with Crippen molar-refractivity contribution in [1.29, 1.82) is 0 Å². The van der Waals surface area contributed by atoms with Gasteiger partial charge in [0.2, 0.25) is 15.3 Å². The SMILES string of the molecule is O=c1c(S(=O)(=O)c2ccc(F)c(F)c2)c[nH]c2cc(F)c(Cl)cc12. The Labute approximate surface area is 138 Å². The molecule has 0 spiro atoms. The van der Waals surface area contributed by atoms with Gasteiger partial charge in [-0.25, -0.2) is 21.6 Å². The largest absolute Gasteiger partial charge is 0.360 e. The molecule has 0 unspecified atom stereocenters. The lowest BCUT2D eigenvalue weighted by atomic mass is 10.2. The minimum absolute atomic E-state index is 0.0473. The lowest BCUT2D eigenvalue weighted by molar-refractivity contribution is 0.504. The van der Waals surface area contributed by atoms with Gasteiger partial charge in [-0.2, -0.15) is 0 Å². The molecule has 124 valence electrons.